The molecule has 19 heavy (non-hydrogen) atoms. The molecule has 0 bridgehead atoms. The second-order valence-corrected chi connectivity index (χ2v) is 6.90. The van der Waals surface area contributed by atoms with Crippen LogP contribution in [0.4, 0.5) is 0 Å². The number of rotatable bonds is 4. The van der Waals surface area contributed by atoms with Crippen LogP contribution in [0.25, 0.3) is 0 Å². The molecule has 3 rings (SSSR count). The number of hydrogen-bond donors (Lipinski definition) is 1. The van der Waals surface area contributed by atoms with Crippen molar-refractivity contribution in [3.8, 4) is 0 Å². The van der Waals surface area contributed by atoms with E-state index in [1.54, 1.807) is 0 Å². The SMILES string of the molecule is CNCC1CCN(C(=O)C2CC2C2CCCCC2)C1. The number of likely N-dealkylation sites (tertiary alicyclic amines) is 1. The van der Waals surface area contributed by atoms with E-state index >= 15 is 0 Å². The number of carbonyl (C=O) groups excluding carboxylic acids is 1. The fourth-order valence-electron chi connectivity index (χ4n) is 4.30. The fourth-order valence-corrected chi connectivity index (χ4v) is 4.30. The van der Waals surface area contributed by atoms with E-state index in [1.165, 1.54) is 44.9 Å². The van der Waals surface area contributed by atoms with Gasteiger partial charge < -0.3 is 10.2 Å². The van der Waals surface area contributed by atoms with E-state index in [9.17, 15) is 4.79 Å². The zero-order valence-corrected chi connectivity index (χ0v) is 12.2. The Kier molecular flexibility index (Phi) is 4.11. The molecule has 0 aromatic rings. The molecule has 3 fully saturated rings. The van der Waals surface area contributed by atoms with E-state index in [4.69, 9.17) is 0 Å². The molecule has 3 heteroatoms. The maximum atomic E-state index is 12.5. The predicted octanol–water partition coefficient (Wildman–Crippen LogP) is 2.27. The largest absolute Gasteiger partial charge is 0.342 e. The highest BCUT2D eigenvalue weighted by Crippen LogP contribution is 2.50. The molecule has 1 amide bonds. The summed E-state index contributed by atoms with van der Waals surface area (Å²) in [7, 11) is 2.00. The maximum Gasteiger partial charge on any atom is 0.225 e. The molecule has 0 aromatic carbocycles. The van der Waals surface area contributed by atoms with Gasteiger partial charge in [0.1, 0.15) is 0 Å². The minimum atomic E-state index is 0.399. The van der Waals surface area contributed by atoms with Gasteiger partial charge >= 0.3 is 0 Å². The lowest BCUT2D eigenvalue weighted by molar-refractivity contribution is -0.132. The van der Waals surface area contributed by atoms with Crippen LogP contribution in [0.5, 0.6) is 0 Å². The van der Waals surface area contributed by atoms with E-state index in [0.717, 1.165) is 31.5 Å². The quantitative estimate of drug-likeness (QED) is 0.845. The van der Waals surface area contributed by atoms with E-state index in [2.05, 4.69) is 10.2 Å². The summed E-state index contributed by atoms with van der Waals surface area (Å²) in [5.74, 6) is 3.18. The smallest absolute Gasteiger partial charge is 0.225 e. The number of hydrogen-bond acceptors (Lipinski definition) is 2. The van der Waals surface area contributed by atoms with Gasteiger partial charge in [0.25, 0.3) is 0 Å². The molecule has 2 saturated carbocycles. The molecular weight excluding hydrogens is 236 g/mol. The van der Waals surface area contributed by atoms with Crippen LogP contribution in [0.1, 0.15) is 44.9 Å². The van der Waals surface area contributed by atoms with Crippen LogP contribution in [0.15, 0.2) is 0 Å². The summed E-state index contributed by atoms with van der Waals surface area (Å²) in [6.45, 7) is 3.05. The first kappa shape index (κ1) is 13.4. The molecule has 3 unspecified atom stereocenters. The van der Waals surface area contributed by atoms with Gasteiger partial charge in [-0.25, -0.2) is 0 Å². The van der Waals surface area contributed by atoms with Crippen molar-refractivity contribution in [3.63, 3.8) is 0 Å². The Morgan fingerprint density at radius 3 is 2.74 bits per heavy atom. The van der Waals surface area contributed by atoms with Gasteiger partial charge in [-0.1, -0.05) is 32.1 Å². The molecule has 1 saturated heterocycles. The summed E-state index contributed by atoms with van der Waals surface area (Å²) in [5.41, 5.74) is 0. The van der Waals surface area contributed by atoms with Crippen molar-refractivity contribution >= 4 is 5.91 Å². The normalized spacial score (nSPS) is 35.6. The lowest BCUT2D eigenvalue weighted by Gasteiger charge is -2.22. The average molecular weight is 264 g/mol. The van der Waals surface area contributed by atoms with Gasteiger partial charge in [-0.05, 0) is 44.2 Å². The van der Waals surface area contributed by atoms with E-state index in [1.807, 2.05) is 7.05 Å². The second-order valence-electron chi connectivity index (χ2n) is 6.90. The first-order valence-corrected chi connectivity index (χ1v) is 8.23. The summed E-state index contributed by atoms with van der Waals surface area (Å²) < 4.78 is 0. The third-order valence-electron chi connectivity index (χ3n) is 5.50. The first-order chi connectivity index (χ1) is 9.29. The topological polar surface area (TPSA) is 32.3 Å². The van der Waals surface area contributed by atoms with Crippen molar-refractivity contribution in [1.29, 1.82) is 0 Å². The highest BCUT2D eigenvalue weighted by molar-refractivity contribution is 5.82. The van der Waals surface area contributed by atoms with Crippen LogP contribution in [0.2, 0.25) is 0 Å². The molecule has 1 aliphatic heterocycles. The van der Waals surface area contributed by atoms with Crippen molar-refractivity contribution < 1.29 is 4.79 Å². The Hall–Kier alpha value is -0.570. The Morgan fingerprint density at radius 2 is 2.00 bits per heavy atom. The summed E-state index contributed by atoms with van der Waals surface area (Å²) in [4.78, 5) is 14.7. The highest BCUT2D eigenvalue weighted by atomic mass is 16.2. The Morgan fingerprint density at radius 1 is 1.21 bits per heavy atom. The monoisotopic (exact) mass is 264 g/mol. The third kappa shape index (κ3) is 2.96. The van der Waals surface area contributed by atoms with Gasteiger partial charge in [-0.15, -0.1) is 0 Å². The maximum absolute atomic E-state index is 12.5. The van der Waals surface area contributed by atoms with Crippen LogP contribution in [-0.2, 0) is 4.79 Å². The Balaban J connectivity index is 1.47. The molecule has 0 aromatic heterocycles. The zero-order chi connectivity index (χ0) is 13.2. The molecule has 0 radical (unpaired) electrons. The molecule has 3 aliphatic rings. The van der Waals surface area contributed by atoms with Crippen LogP contribution < -0.4 is 5.32 Å². The summed E-state index contributed by atoms with van der Waals surface area (Å²) in [6, 6.07) is 0. The number of amides is 1. The lowest BCUT2D eigenvalue weighted by atomic mass is 9.85. The minimum Gasteiger partial charge on any atom is -0.342 e. The van der Waals surface area contributed by atoms with Crippen molar-refractivity contribution in [3.05, 3.63) is 0 Å². The summed E-state index contributed by atoms with van der Waals surface area (Å²) >= 11 is 0. The molecule has 3 nitrogen and oxygen atoms in total. The van der Waals surface area contributed by atoms with Crippen LogP contribution in [-0.4, -0.2) is 37.5 Å². The summed E-state index contributed by atoms with van der Waals surface area (Å²) in [5, 5.41) is 3.24. The van der Waals surface area contributed by atoms with Gasteiger partial charge in [-0.2, -0.15) is 0 Å². The molecule has 2 aliphatic carbocycles. The molecule has 3 atom stereocenters. The number of nitrogens with one attached hydrogen (secondary N) is 1. The van der Waals surface area contributed by atoms with E-state index in [-0.39, 0.29) is 0 Å². The molecular formula is C16H28N2O. The molecule has 0 spiro atoms. The number of nitrogens with zero attached hydrogens (tertiary/aromatic N) is 1. The van der Waals surface area contributed by atoms with Crippen LogP contribution in [0, 0.1) is 23.7 Å². The Bertz CT molecular complexity index is 325. The Labute approximate surface area is 117 Å². The van der Waals surface area contributed by atoms with Gasteiger partial charge in [-0.3, -0.25) is 4.79 Å². The highest BCUT2D eigenvalue weighted by Gasteiger charge is 2.49. The third-order valence-corrected chi connectivity index (χ3v) is 5.50. The van der Waals surface area contributed by atoms with Crippen molar-refractivity contribution in [2.24, 2.45) is 23.7 Å². The fraction of sp³-hybridized carbons (Fsp3) is 0.938. The lowest BCUT2D eigenvalue weighted by Crippen LogP contribution is -2.32. The van der Waals surface area contributed by atoms with Crippen LogP contribution >= 0.6 is 0 Å². The molecule has 1 heterocycles. The van der Waals surface area contributed by atoms with Crippen molar-refractivity contribution in [2.75, 3.05) is 26.7 Å². The summed E-state index contributed by atoms with van der Waals surface area (Å²) in [6.07, 6.45) is 9.36. The van der Waals surface area contributed by atoms with E-state index < -0.39 is 0 Å². The van der Waals surface area contributed by atoms with Crippen molar-refractivity contribution in [2.45, 2.75) is 44.9 Å². The average Bonchev–Trinajstić information content (AvgIpc) is 3.12. The van der Waals surface area contributed by atoms with Gasteiger partial charge in [0.05, 0.1) is 0 Å². The zero-order valence-electron chi connectivity index (χ0n) is 12.2. The first-order valence-electron chi connectivity index (χ1n) is 8.23. The molecule has 1 N–H and O–H groups in total. The molecule has 108 valence electrons. The standard InChI is InChI=1S/C16H28N2O/c1-17-10-12-7-8-18(11-12)16(19)15-9-14(15)13-5-3-2-4-6-13/h12-15,17H,2-11H2,1H3. The number of carbonyl (C=O) groups is 1. The van der Waals surface area contributed by atoms with Gasteiger partial charge in [0, 0.05) is 19.0 Å². The van der Waals surface area contributed by atoms with Gasteiger partial charge in [0.2, 0.25) is 5.91 Å². The van der Waals surface area contributed by atoms with Crippen LogP contribution in [0.3, 0.4) is 0 Å². The van der Waals surface area contributed by atoms with E-state index in [0.29, 0.717) is 17.7 Å². The minimum absolute atomic E-state index is 0.399. The van der Waals surface area contributed by atoms with Crippen molar-refractivity contribution in [1.82, 2.24) is 10.2 Å². The second kappa shape index (κ2) is 5.82. The predicted molar refractivity (Wildman–Crippen MR) is 76.8 cm³/mol. The van der Waals surface area contributed by atoms with Gasteiger partial charge in [0.15, 0.2) is 0 Å².